The average molecular weight is 478 g/mol. The summed E-state index contributed by atoms with van der Waals surface area (Å²) in [6.07, 6.45) is 0.328. The Labute approximate surface area is 199 Å². The van der Waals surface area contributed by atoms with Gasteiger partial charge in [-0.3, -0.25) is 14.5 Å². The highest BCUT2D eigenvalue weighted by Gasteiger charge is 2.40. The normalized spacial score (nSPS) is 16.9. The third-order valence-corrected chi connectivity index (χ3v) is 6.47. The van der Waals surface area contributed by atoms with Gasteiger partial charge in [0.15, 0.2) is 0 Å². The van der Waals surface area contributed by atoms with Gasteiger partial charge in [-0.25, -0.2) is 4.39 Å². The predicted molar refractivity (Wildman–Crippen MR) is 128 cm³/mol. The molecule has 1 aliphatic heterocycles. The molecular weight excluding hydrogens is 461 g/mol. The first kappa shape index (κ1) is 22.6. The summed E-state index contributed by atoms with van der Waals surface area (Å²) in [5.41, 5.74) is 1.63. The van der Waals surface area contributed by atoms with Gasteiger partial charge in [-0.1, -0.05) is 53.7 Å². The fourth-order valence-corrected chi connectivity index (χ4v) is 4.79. The second kappa shape index (κ2) is 9.90. The van der Waals surface area contributed by atoms with Crippen LogP contribution >= 0.6 is 23.4 Å². The summed E-state index contributed by atoms with van der Waals surface area (Å²) in [5, 5.41) is 12.7. The number of halogens is 2. The zero-order valence-corrected chi connectivity index (χ0v) is 18.7. The van der Waals surface area contributed by atoms with Gasteiger partial charge in [0.2, 0.25) is 5.91 Å². The third-order valence-electron chi connectivity index (χ3n) is 4.96. The van der Waals surface area contributed by atoms with Crippen molar-refractivity contribution in [1.29, 1.82) is 5.26 Å². The molecule has 0 bridgehead atoms. The number of para-hydroxylation sites is 1. The van der Waals surface area contributed by atoms with E-state index < -0.39 is 11.2 Å². The maximum atomic E-state index is 13.4. The molecule has 1 aliphatic rings. The van der Waals surface area contributed by atoms with E-state index in [1.54, 1.807) is 60.7 Å². The summed E-state index contributed by atoms with van der Waals surface area (Å²) in [6, 6.07) is 23.2. The van der Waals surface area contributed by atoms with Crippen molar-refractivity contribution in [2.24, 2.45) is 0 Å². The molecule has 1 heterocycles. The number of amides is 2. The molecule has 1 N–H and O–H groups in total. The molecule has 5 nitrogen and oxygen atoms in total. The van der Waals surface area contributed by atoms with E-state index in [0.717, 1.165) is 17.3 Å². The summed E-state index contributed by atoms with van der Waals surface area (Å²) in [6.45, 7) is 0. The summed E-state index contributed by atoms with van der Waals surface area (Å²) in [4.78, 5) is 27.8. The highest BCUT2D eigenvalue weighted by Crippen LogP contribution is 2.42. The molecule has 0 aromatic heterocycles. The van der Waals surface area contributed by atoms with Gasteiger partial charge in [-0.05, 0) is 60.5 Å². The maximum Gasteiger partial charge on any atom is 0.269 e. The van der Waals surface area contributed by atoms with Crippen LogP contribution in [-0.2, 0) is 16.0 Å². The molecule has 1 saturated heterocycles. The van der Waals surface area contributed by atoms with Crippen LogP contribution in [0.15, 0.2) is 89.5 Å². The highest BCUT2D eigenvalue weighted by molar-refractivity contribution is 8.05. The van der Waals surface area contributed by atoms with Gasteiger partial charge < -0.3 is 5.32 Å². The SMILES string of the molecule is N#C/C(C(=O)Nc1ccc(Cl)cc1)=C1\S[C@H](Cc2ccc(F)cc2)C(=O)N1c1ccccc1. The number of anilines is 2. The molecule has 1 fully saturated rings. The van der Waals surface area contributed by atoms with Gasteiger partial charge in [0.05, 0.1) is 5.25 Å². The Morgan fingerprint density at radius 2 is 1.73 bits per heavy atom. The van der Waals surface area contributed by atoms with E-state index in [0.29, 0.717) is 22.8 Å². The topological polar surface area (TPSA) is 73.2 Å². The monoisotopic (exact) mass is 477 g/mol. The largest absolute Gasteiger partial charge is 0.321 e. The minimum atomic E-state index is -0.626. The van der Waals surface area contributed by atoms with E-state index in [9.17, 15) is 19.2 Å². The minimum absolute atomic E-state index is 0.172. The fourth-order valence-electron chi connectivity index (χ4n) is 3.36. The molecule has 0 radical (unpaired) electrons. The summed E-state index contributed by atoms with van der Waals surface area (Å²) in [5.74, 6) is -1.24. The Bertz CT molecular complexity index is 1260. The molecule has 164 valence electrons. The van der Waals surface area contributed by atoms with Crippen molar-refractivity contribution in [2.75, 3.05) is 10.2 Å². The third kappa shape index (κ3) is 5.08. The minimum Gasteiger partial charge on any atom is -0.321 e. The molecule has 0 unspecified atom stereocenters. The number of carbonyl (C=O) groups excluding carboxylic acids is 2. The van der Waals surface area contributed by atoms with Gasteiger partial charge in [0, 0.05) is 16.4 Å². The van der Waals surface area contributed by atoms with Gasteiger partial charge in [0.25, 0.3) is 5.91 Å². The van der Waals surface area contributed by atoms with Crippen LogP contribution in [0.25, 0.3) is 0 Å². The number of nitriles is 1. The van der Waals surface area contributed by atoms with Crippen LogP contribution in [0.1, 0.15) is 5.56 Å². The van der Waals surface area contributed by atoms with Crippen LogP contribution in [0.2, 0.25) is 5.02 Å². The molecule has 33 heavy (non-hydrogen) atoms. The molecule has 0 saturated carbocycles. The number of hydrogen-bond acceptors (Lipinski definition) is 4. The number of hydrogen-bond donors (Lipinski definition) is 1. The predicted octanol–water partition coefficient (Wildman–Crippen LogP) is 5.54. The Balaban J connectivity index is 1.70. The number of benzene rings is 3. The lowest BCUT2D eigenvalue weighted by Crippen LogP contribution is -2.30. The lowest BCUT2D eigenvalue weighted by Gasteiger charge is -2.18. The average Bonchev–Trinajstić information content (AvgIpc) is 3.13. The summed E-state index contributed by atoms with van der Waals surface area (Å²) >= 11 is 7.05. The first-order valence-corrected chi connectivity index (χ1v) is 11.2. The molecule has 3 aromatic rings. The van der Waals surface area contributed by atoms with Gasteiger partial charge >= 0.3 is 0 Å². The summed E-state index contributed by atoms with van der Waals surface area (Å²) < 4.78 is 13.3. The zero-order valence-electron chi connectivity index (χ0n) is 17.2. The van der Waals surface area contributed by atoms with Crippen molar-refractivity contribution in [1.82, 2.24) is 0 Å². The van der Waals surface area contributed by atoms with Gasteiger partial charge in [-0.2, -0.15) is 5.26 Å². The molecule has 3 aromatic carbocycles. The standard InChI is InChI=1S/C25H17ClFN3O2S/c26-17-8-12-19(13-9-17)29-23(31)21(15-28)25-30(20-4-2-1-3-5-20)24(32)22(33-25)14-16-6-10-18(27)11-7-16/h1-13,22H,14H2,(H,29,31)/b25-21+/t22-/m1/s1. The van der Waals surface area contributed by atoms with E-state index >= 15 is 0 Å². The molecule has 0 aliphatic carbocycles. The van der Waals surface area contributed by atoms with Crippen molar-refractivity contribution in [3.8, 4) is 6.07 Å². The quantitative estimate of drug-likeness (QED) is 0.386. The number of rotatable bonds is 5. The Hall–Kier alpha value is -3.60. The van der Waals surface area contributed by atoms with Crippen molar-refractivity contribution in [3.63, 3.8) is 0 Å². The van der Waals surface area contributed by atoms with E-state index in [2.05, 4.69) is 5.32 Å². The van der Waals surface area contributed by atoms with Crippen LogP contribution in [0.5, 0.6) is 0 Å². The Morgan fingerprint density at radius 3 is 2.36 bits per heavy atom. The smallest absolute Gasteiger partial charge is 0.269 e. The molecule has 0 spiro atoms. The van der Waals surface area contributed by atoms with Gasteiger partial charge in [-0.15, -0.1) is 0 Å². The molecule has 2 amide bonds. The summed E-state index contributed by atoms with van der Waals surface area (Å²) in [7, 11) is 0. The Kier molecular flexibility index (Phi) is 6.78. The van der Waals surface area contributed by atoms with Gasteiger partial charge in [0.1, 0.15) is 22.5 Å². The van der Waals surface area contributed by atoms with Crippen molar-refractivity contribution >= 4 is 46.6 Å². The fraction of sp³-hybridized carbons (Fsp3) is 0.0800. The van der Waals surface area contributed by atoms with E-state index in [1.807, 2.05) is 12.1 Å². The van der Waals surface area contributed by atoms with Crippen LogP contribution < -0.4 is 10.2 Å². The second-order valence-electron chi connectivity index (χ2n) is 7.20. The van der Waals surface area contributed by atoms with E-state index in [1.165, 1.54) is 17.0 Å². The first-order chi connectivity index (χ1) is 16.0. The van der Waals surface area contributed by atoms with E-state index in [-0.39, 0.29) is 22.3 Å². The second-order valence-corrected chi connectivity index (χ2v) is 8.83. The van der Waals surface area contributed by atoms with Crippen molar-refractivity contribution < 1.29 is 14.0 Å². The number of thioether (sulfide) groups is 1. The van der Waals surface area contributed by atoms with E-state index in [4.69, 9.17) is 11.6 Å². The number of nitrogens with zero attached hydrogens (tertiary/aromatic N) is 2. The highest BCUT2D eigenvalue weighted by atomic mass is 35.5. The zero-order chi connectivity index (χ0) is 23.4. The van der Waals surface area contributed by atoms with Crippen LogP contribution in [0, 0.1) is 17.1 Å². The van der Waals surface area contributed by atoms with Crippen LogP contribution in [0.4, 0.5) is 15.8 Å². The van der Waals surface area contributed by atoms with Crippen molar-refractivity contribution in [3.05, 3.63) is 106 Å². The lowest BCUT2D eigenvalue weighted by atomic mass is 10.1. The number of carbonyl (C=O) groups is 2. The maximum absolute atomic E-state index is 13.4. The first-order valence-electron chi connectivity index (χ1n) is 9.97. The lowest BCUT2D eigenvalue weighted by molar-refractivity contribution is -0.117. The molecule has 4 rings (SSSR count). The van der Waals surface area contributed by atoms with Crippen molar-refractivity contribution in [2.45, 2.75) is 11.7 Å². The number of nitrogens with one attached hydrogen (secondary N) is 1. The van der Waals surface area contributed by atoms with Crippen LogP contribution in [-0.4, -0.2) is 17.1 Å². The molecule has 8 heteroatoms. The Morgan fingerprint density at radius 1 is 1.06 bits per heavy atom. The van der Waals surface area contributed by atoms with Crippen LogP contribution in [0.3, 0.4) is 0 Å². The molecular formula is C25H17ClFN3O2S. The molecule has 1 atom stereocenters.